The standard InChI is InChI=1S/C18H19N3S/c1-12-18(22-11-20-12)14-5-2-4-13(10-14)15-7-8-17(21-15)16-6-3-9-19-16/h2,4-5,7-8,10-11,16,19,21H,3,6,9H2,1H3. The molecule has 1 unspecified atom stereocenters. The van der Waals surface area contributed by atoms with Crippen molar-refractivity contribution in [3.63, 3.8) is 0 Å². The summed E-state index contributed by atoms with van der Waals surface area (Å²) in [4.78, 5) is 9.19. The first-order valence-corrected chi connectivity index (χ1v) is 8.62. The number of nitrogens with one attached hydrogen (secondary N) is 2. The highest BCUT2D eigenvalue weighted by atomic mass is 32.1. The molecule has 2 N–H and O–H groups in total. The average molecular weight is 309 g/mol. The summed E-state index contributed by atoms with van der Waals surface area (Å²) in [6, 6.07) is 13.6. The molecule has 4 heteroatoms. The van der Waals surface area contributed by atoms with Gasteiger partial charge in [0.25, 0.3) is 0 Å². The van der Waals surface area contributed by atoms with Crippen LogP contribution in [0.4, 0.5) is 0 Å². The Morgan fingerprint density at radius 3 is 2.86 bits per heavy atom. The molecular formula is C18H19N3S. The highest BCUT2D eigenvalue weighted by molar-refractivity contribution is 7.13. The van der Waals surface area contributed by atoms with Crippen LogP contribution in [-0.2, 0) is 0 Å². The highest BCUT2D eigenvalue weighted by Gasteiger charge is 2.17. The Bertz CT molecular complexity index is 781. The predicted octanol–water partition coefficient (Wildman–Crippen LogP) is 4.54. The Hall–Kier alpha value is -1.91. The zero-order chi connectivity index (χ0) is 14.9. The van der Waals surface area contributed by atoms with Gasteiger partial charge in [-0.1, -0.05) is 18.2 Å². The topological polar surface area (TPSA) is 40.7 Å². The molecule has 4 rings (SSSR count). The van der Waals surface area contributed by atoms with E-state index >= 15 is 0 Å². The molecule has 2 aromatic heterocycles. The van der Waals surface area contributed by atoms with E-state index in [4.69, 9.17) is 0 Å². The Kier molecular flexibility index (Phi) is 3.56. The quantitative estimate of drug-likeness (QED) is 0.746. The summed E-state index contributed by atoms with van der Waals surface area (Å²) in [6.45, 7) is 3.19. The number of thiazole rings is 1. The average Bonchev–Trinajstić information content (AvgIpc) is 3.28. The molecule has 0 spiro atoms. The highest BCUT2D eigenvalue weighted by Crippen LogP contribution is 2.31. The minimum Gasteiger partial charge on any atom is -0.357 e. The van der Waals surface area contributed by atoms with E-state index in [0.717, 1.165) is 12.2 Å². The monoisotopic (exact) mass is 309 g/mol. The molecule has 1 atom stereocenters. The van der Waals surface area contributed by atoms with Gasteiger partial charge in [0.1, 0.15) is 0 Å². The van der Waals surface area contributed by atoms with E-state index in [9.17, 15) is 0 Å². The lowest BCUT2D eigenvalue weighted by Gasteiger charge is -2.08. The van der Waals surface area contributed by atoms with Crippen LogP contribution >= 0.6 is 11.3 Å². The predicted molar refractivity (Wildman–Crippen MR) is 92.1 cm³/mol. The van der Waals surface area contributed by atoms with E-state index < -0.39 is 0 Å². The van der Waals surface area contributed by atoms with Crippen molar-refractivity contribution in [2.45, 2.75) is 25.8 Å². The van der Waals surface area contributed by atoms with Crippen molar-refractivity contribution >= 4 is 11.3 Å². The fraction of sp³-hybridized carbons (Fsp3) is 0.278. The van der Waals surface area contributed by atoms with Gasteiger partial charge >= 0.3 is 0 Å². The molecular weight excluding hydrogens is 290 g/mol. The maximum atomic E-state index is 4.35. The maximum absolute atomic E-state index is 4.35. The molecule has 0 bridgehead atoms. The van der Waals surface area contributed by atoms with Crippen LogP contribution in [0.1, 0.15) is 30.3 Å². The van der Waals surface area contributed by atoms with E-state index in [0.29, 0.717) is 6.04 Å². The fourth-order valence-corrected chi connectivity index (χ4v) is 3.94. The first-order valence-electron chi connectivity index (χ1n) is 7.74. The minimum absolute atomic E-state index is 0.487. The van der Waals surface area contributed by atoms with Crippen LogP contribution < -0.4 is 5.32 Å². The number of H-pyrrole nitrogens is 1. The Morgan fingerprint density at radius 1 is 1.18 bits per heavy atom. The second kappa shape index (κ2) is 5.71. The van der Waals surface area contributed by atoms with Crippen LogP contribution in [0.15, 0.2) is 41.9 Å². The van der Waals surface area contributed by atoms with Gasteiger partial charge in [-0.05, 0) is 55.6 Å². The van der Waals surface area contributed by atoms with Crippen LogP contribution in [0.2, 0.25) is 0 Å². The zero-order valence-corrected chi connectivity index (χ0v) is 13.4. The summed E-state index contributed by atoms with van der Waals surface area (Å²) in [6.07, 6.45) is 2.49. The van der Waals surface area contributed by atoms with Gasteiger partial charge in [-0.15, -0.1) is 11.3 Å². The maximum Gasteiger partial charge on any atom is 0.0801 e. The number of aryl methyl sites for hydroxylation is 1. The molecule has 1 fully saturated rings. The molecule has 0 amide bonds. The minimum atomic E-state index is 0.487. The van der Waals surface area contributed by atoms with Gasteiger partial charge in [0.2, 0.25) is 0 Å². The third-order valence-electron chi connectivity index (χ3n) is 4.33. The molecule has 1 aliphatic rings. The third kappa shape index (κ3) is 2.49. The molecule has 1 saturated heterocycles. The number of hydrogen-bond acceptors (Lipinski definition) is 3. The van der Waals surface area contributed by atoms with Crippen LogP contribution in [0.3, 0.4) is 0 Å². The molecule has 3 nitrogen and oxygen atoms in total. The summed E-state index contributed by atoms with van der Waals surface area (Å²) in [5, 5.41) is 3.54. The van der Waals surface area contributed by atoms with Crippen molar-refractivity contribution < 1.29 is 0 Å². The number of rotatable bonds is 3. The van der Waals surface area contributed by atoms with Gasteiger partial charge < -0.3 is 10.3 Å². The molecule has 3 heterocycles. The van der Waals surface area contributed by atoms with Crippen molar-refractivity contribution in [2.24, 2.45) is 0 Å². The van der Waals surface area contributed by atoms with Gasteiger partial charge in [-0.25, -0.2) is 4.98 Å². The molecule has 1 aromatic carbocycles. The van der Waals surface area contributed by atoms with E-state index in [-0.39, 0.29) is 0 Å². The lowest BCUT2D eigenvalue weighted by Crippen LogP contribution is -2.12. The van der Waals surface area contributed by atoms with Crippen LogP contribution in [0, 0.1) is 6.92 Å². The Balaban J connectivity index is 1.67. The molecule has 0 aliphatic carbocycles. The van der Waals surface area contributed by atoms with E-state index in [1.54, 1.807) is 11.3 Å². The number of aromatic amines is 1. The number of benzene rings is 1. The summed E-state index contributed by atoms with van der Waals surface area (Å²) in [5.74, 6) is 0. The van der Waals surface area contributed by atoms with Gasteiger partial charge in [0, 0.05) is 17.4 Å². The molecule has 22 heavy (non-hydrogen) atoms. The molecule has 1 aliphatic heterocycles. The number of nitrogens with zero attached hydrogens (tertiary/aromatic N) is 1. The summed E-state index contributed by atoms with van der Waals surface area (Å²) < 4.78 is 0. The molecule has 112 valence electrons. The Morgan fingerprint density at radius 2 is 2.09 bits per heavy atom. The van der Waals surface area contributed by atoms with Gasteiger partial charge in [0.15, 0.2) is 0 Å². The van der Waals surface area contributed by atoms with Gasteiger partial charge in [-0.2, -0.15) is 0 Å². The van der Waals surface area contributed by atoms with Crippen molar-refractivity contribution in [1.29, 1.82) is 0 Å². The molecule has 0 radical (unpaired) electrons. The van der Waals surface area contributed by atoms with Crippen molar-refractivity contribution in [3.8, 4) is 21.7 Å². The zero-order valence-electron chi connectivity index (χ0n) is 12.6. The summed E-state index contributed by atoms with van der Waals surface area (Å²) >= 11 is 1.70. The summed E-state index contributed by atoms with van der Waals surface area (Å²) in [7, 11) is 0. The van der Waals surface area contributed by atoms with Gasteiger partial charge in [-0.3, -0.25) is 0 Å². The van der Waals surface area contributed by atoms with Crippen molar-refractivity contribution in [2.75, 3.05) is 6.54 Å². The molecule has 3 aromatic rings. The second-order valence-electron chi connectivity index (χ2n) is 5.82. The van der Waals surface area contributed by atoms with Gasteiger partial charge in [0.05, 0.1) is 16.1 Å². The largest absolute Gasteiger partial charge is 0.357 e. The second-order valence-corrected chi connectivity index (χ2v) is 6.68. The first kappa shape index (κ1) is 13.7. The number of hydrogen-bond donors (Lipinski definition) is 2. The van der Waals surface area contributed by atoms with Crippen molar-refractivity contribution in [1.82, 2.24) is 15.3 Å². The van der Waals surface area contributed by atoms with Crippen LogP contribution in [0.5, 0.6) is 0 Å². The smallest absolute Gasteiger partial charge is 0.0801 e. The lowest BCUT2D eigenvalue weighted by atomic mass is 10.1. The fourth-order valence-electron chi connectivity index (χ4n) is 3.14. The first-order chi connectivity index (χ1) is 10.8. The lowest BCUT2D eigenvalue weighted by molar-refractivity contribution is 0.632. The molecule has 0 saturated carbocycles. The normalized spacial score (nSPS) is 18.0. The third-order valence-corrected chi connectivity index (χ3v) is 5.30. The van der Waals surface area contributed by atoms with Crippen molar-refractivity contribution in [3.05, 3.63) is 53.3 Å². The SMILES string of the molecule is Cc1ncsc1-c1cccc(-c2ccc(C3CCCN3)[nH]2)c1. The Labute approximate surface area is 134 Å². The van der Waals surface area contributed by atoms with Crippen LogP contribution in [0.25, 0.3) is 21.7 Å². The van der Waals surface area contributed by atoms with Crippen LogP contribution in [-0.4, -0.2) is 16.5 Å². The van der Waals surface area contributed by atoms with E-state index in [2.05, 4.69) is 58.6 Å². The van der Waals surface area contributed by atoms with E-state index in [1.807, 2.05) is 5.51 Å². The number of aromatic nitrogens is 2. The van der Waals surface area contributed by atoms with E-state index in [1.165, 1.54) is 40.2 Å². The summed E-state index contributed by atoms with van der Waals surface area (Å²) in [5.41, 5.74) is 7.97.